The van der Waals surface area contributed by atoms with Crippen molar-refractivity contribution in [3.05, 3.63) is 29.8 Å². The standard InChI is InChI=1S/C19H25N3O5/c23-16-7-2-1-5-14(16)18(26)21-11-9-20(10-12-21)15-6-3-4-8-22(19(15)27)13-17(24)25/h1-2,5,7,15,23H,3-4,6,8-13H2,(H,24,25). The van der Waals surface area contributed by atoms with E-state index in [4.69, 9.17) is 5.11 Å². The number of hydrogen-bond acceptors (Lipinski definition) is 5. The van der Waals surface area contributed by atoms with E-state index in [0.717, 1.165) is 12.8 Å². The number of phenolic OH excluding ortho intramolecular Hbond substituents is 1. The first kappa shape index (κ1) is 19.2. The lowest BCUT2D eigenvalue weighted by Crippen LogP contribution is -2.56. The Morgan fingerprint density at radius 3 is 2.41 bits per heavy atom. The average Bonchev–Trinajstić information content (AvgIpc) is 2.83. The van der Waals surface area contributed by atoms with Crippen LogP contribution in [-0.2, 0) is 9.59 Å². The van der Waals surface area contributed by atoms with Crippen molar-refractivity contribution in [3.8, 4) is 5.75 Å². The molecule has 8 heteroatoms. The van der Waals surface area contributed by atoms with Crippen molar-refractivity contribution in [2.75, 3.05) is 39.3 Å². The van der Waals surface area contributed by atoms with Crippen molar-refractivity contribution in [2.24, 2.45) is 0 Å². The number of phenols is 1. The van der Waals surface area contributed by atoms with Crippen molar-refractivity contribution >= 4 is 17.8 Å². The van der Waals surface area contributed by atoms with Crippen LogP contribution in [0, 0.1) is 0 Å². The van der Waals surface area contributed by atoms with Crippen LogP contribution >= 0.6 is 0 Å². The molecule has 1 unspecified atom stereocenters. The quantitative estimate of drug-likeness (QED) is 0.800. The molecule has 1 atom stereocenters. The van der Waals surface area contributed by atoms with Crippen molar-refractivity contribution in [2.45, 2.75) is 25.3 Å². The third-order valence-corrected chi connectivity index (χ3v) is 5.26. The topological polar surface area (TPSA) is 101 Å². The van der Waals surface area contributed by atoms with E-state index in [1.54, 1.807) is 23.1 Å². The number of benzene rings is 1. The summed E-state index contributed by atoms with van der Waals surface area (Å²) < 4.78 is 0. The third-order valence-electron chi connectivity index (χ3n) is 5.26. The van der Waals surface area contributed by atoms with Crippen LogP contribution in [0.15, 0.2) is 24.3 Å². The van der Waals surface area contributed by atoms with Gasteiger partial charge in [-0.1, -0.05) is 12.1 Å². The molecule has 3 rings (SSSR count). The predicted octanol–water partition coefficient (Wildman–Crippen LogP) is 0.616. The fraction of sp³-hybridized carbons (Fsp3) is 0.526. The van der Waals surface area contributed by atoms with Gasteiger partial charge in [0.1, 0.15) is 12.3 Å². The van der Waals surface area contributed by atoms with Gasteiger partial charge in [0.25, 0.3) is 5.91 Å². The number of carbonyl (C=O) groups excluding carboxylic acids is 2. The summed E-state index contributed by atoms with van der Waals surface area (Å²) in [4.78, 5) is 41.6. The second-order valence-electron chi connectivity index (χ2n) is 7.01. The molecule has 0 bridgehead atoms. The molecule has 2 fully saturated rings. The first-order chi connectivity index (χ1) is 13.0. The van der Waals surface area contributed by atoms with Gasteiger partial charge in [0.2, 0.25) is 5.91 Å². The first-order valence-corrected chi connectivity index (χ1v) is 9.29. The summed E-state index contributed by atoms with van der Waals surface area (Å²) in [5, 5.41) is 18.9. The lowest BCUT2D eigenvalue weighted by atomic mass is 10.1. The zero-order valence-corrected chi connectivity index (χ0v) is 15.2. The largest absolute Gasteiger partial charge is 0.507 e. The van der Waals surface area contributed by atoms with Crippen LogP contribution in [-0.4, -0.2) is 88.0 Å². The Morgan fingerprint density at radius 2 is 1.74 bits per heavy atom. The fourth-order valence-corrected chi connectivity index (χ4v) is 3.81. The maximum Gasteiger partial charge on any atom is 0.323 e. The van der Waals surface area contributed by atoms with E-state index in [-0.39, 0.29) is 35.7 Å². The Morgan fingerprint density at radius 1 is 1.04 bits per heavy atom. The minimum atomic E-state index is -0.998. The smallest absolute Gasteiger partial charge is 0.323 e. The highest BCUT2D eigenvalue weighted by Gasteiger charge is 2.35. The van der Waals surface area contributed by atoms with Gasteiger partial charge in [-0.15, -0.1) is 0 Å². The highest BCUT2D eigenvalue weighted by molar-refractivity contribution is 5.96. The first-order valence-electron chi connectivity index (χ1n) is 9.29. The monoisotopic (exact) mass is 375 g/mol. The van der Waals surface area contributed by atoms with E-state index >= 15 is 0 Å². The molecular weight excluding hydrogens is 350 g/mol. The lowest BCUT2D eigenvalue weighted by Gasteiger charge is -2.39. The molecule has 0 aliphatic carbocycles. The van der Waals surface area contributed by atoms with E-state index in [0.29, 0.717) is 39.1 Å². The maximum absolute atomic E-state index is 12.8. The number of nitrogens with zero attached hydrogens (tertiary/aromatic N) is 3. The SMILES string of the molecule is O=C(O)CN1CCCCC(N2CCN(C(=O)c3ccccc3O)CC2)C1=O. The molecule has 8 nitrogen and oxygen atoms in total. The number of aliphatic carboxylic acids is 1. The molecule has 0 saturated carbocycles. The Hall–Kier alpha value is -2.61. The molecule has 1 aromatic rings. The number of carboxylic acid groups (broad SMARTS) is 1. The van der Waals surface area contributed by atoms with Gasteiger partial charge in [-0.2, -0.15) is 0 Å². The Balaban J connectivity index is 1.62. The number of piperazine rings is 1. The number of rotatable bonds is 4. The molecule has 2 heterocycles. The van der Waals surface area contributed by atoms with Crippen LogP contribution < -0.4 is 0 Å². The lowest BCUT2D eigenvalue weighted by molar-refractivity contribution is -0.146. The van der Waals surface area contributed by atoms with Gasteiger partial charge < -0.3 is 20.0 Å². The van der Waals surface area contributed by atoms with Gasteiger partial charge >= 0.3 is 5.97 Å². The van der Waals surface area contributed by atoms with Gasteiger partial charge in [0, 0.05) is 32.7 Å². The van der Waals surface area contributed by atoms with Crippen molar-refractivity contribution < 1.29 is 24.6 Å². The fourth-order valence-electron chi connectivity index (χ4n) is 3.81. The second-order valence-corrected chi connectivity index (χ2v) is 7.01. The summed E-state index contributed by atoms with van der Waals surface area (Å²) >= 11 is 0. The van der Waals surface area contributed by atoms with Crippen molar-refractivity contribution in [1.29, 1.82) is 0 Å². The van der Waals surface area contributed by atoms with Crippen LogP contribution in [0.3, 0.4) is 0 Å². The van der Waals surface area contributed by atoms with E-state index in [1.807, 2.05) is 0 Å². The van der Waals surface area contributed by atoms with Gasteiger partial charge in [0.05, 0.1) is 11.6 Å². The van der Waals surface area contributed by atoms with Gasteiger partial charge in [-0.05, 0) is 31.4 Å². The summed E-state index contributed by atoms with van der Waals surface area (Å²) in [5.74, 6) is -1.38. The summed E-state index contributed by atoms with van der Waals surface area (Å²) in [7, 11) is 0. The highest BCUT2D eigenvalue weighted by atomic mass is 16.4. The number of hydrogen-bond donors (Lipinski definition) is 2. The summed E-state index contributed by atoms with van der Waals surface area (Å²) in [6.45, 7) is 2.26. The zero-order valence-electron chi connectivity index (χ0n) is 15.2. The van der Waals surface area contributed by atoms with Crippen molar-refractivity contribution in [1.82, 2.24) is 14.7 Å². The number of likely N-dealkylation sites (tertiary alicyclic amines) is 1. The number of carbonyl (C=O) groups is 3. The van der Waals surface area contributed by atoms with E-state index < -0.39 is 5.97 Å². The Labute approximate surface area is 158 Å². The number of para-hydroxylation sites is 1. The van der Waals surface area contributed by atoms with Crippen LogP contribution in [0.4, 0.5) is 0 Å². The van der Waals surface area contributed by atoms with E-state index in [2.05, 4.69) is 4.90 Å². The summed E-state index contributed by atoms with van der Waals surface area (Å²) in [6.07, 6.45) is 2.40. The highest BCUT2D eigenvalue weighted by Crippen LogP contribution is 2.22. The minimum absolute atomic E-state index is 0.0341. The molecular formula is C19H25N3O5. The Bertz CT molecular complexity index is 715. The molecule has 0 aromatic heterocycles. The molecule has 0 spiro atoms. The van der Waals surface area contributed by atoms with Gasteiger partial charge in [-0.25, -0.2) is 0 Å². The molecule has 0 radical (unpaired) electrons. The average molecular weight is 375 g/mol. The van der Waals surface area contributed by atoms with Crippen LogP contribution in [0.1, 0.15) is 29.6 Å². The van der Waals surface area contributed by atoms with E-state index in [9.17, 15) is 19.5 Å². The number of amides is 2. The maximum atomic E-state index is 12.8. The van der Waals surface area contributed by atoms with Crippen LogP contribution in [0.5, 0.6) is 5.75 Å². The minimum Gasteiger partial charge on any atom is -0.507 e. The van der Waals surface area contributed by atoms with Crippen molar-refractivity contribution in [3.63, 3.8) is 0 Å². The molecule has 2 saturated heterocycles. The van der Waals surface area contributed by atoms with Gasteiger partial charge in [-0.3, -0.25) is 19.3 Å². The normalized spacial score (nSPS) is 21.8. The summed E-state index contributed by atoms with van der Waals surface area (Å²) in [5.41, 5.74) is 0.282. The third kappa shape index (κ3) is 4.39. The van der Waals surface area contributed by atoms with E-state index in [1.165, 1.54) is 11.0 Å². The second kappa shape index (κ2) is 8.39. The van der Waals surface area contributed by atoms with Crippen LogP contribution in [0.25, 0.3) is 0 Å². The number of carboxylic acids is 1. The zero-order chi connectivity index (χ0) is 19.4. The van der Waals surface area contributed by atoms with Gasteiger partial charge in [0.15, 0.2) is 0 Å². The number of aromatic hydroxyl groups is 1. The molecule has 1 aromatic carbocycles. The molecule has 2 aliphatic heterocycles. The Kier molecular flexibility index (Phi) is 5.95. The molecule has 2 aliphatic rings. The van der Waals surface area contributed by atoms with Crippen LogP contribution in [0.2, 0.25) is 0 Å². The molecule has 146 valence electrons. The molecule has 2 amide bonds. The molecule has 27 heavy (non-hydrogen) atoms. The summed E-state index contributed by atoms with van der Waals surface area (Å²) in [6, 6.07) is 6.15. The predicted molar refractivity (Wildman–Crippen MR) is 97.4 cm³/mol. The molecule has 2 N–H and O–H groups in total.